The van der Waals surface area contributed by atoms with E-state index in [1.54, 1.807) is 33.8 Å². The number of hydrogen-bond acceptors (Lipinski definition) is 5. The molecule has 0 amide bonds. The van der Waals surface area contributed by atoms with Gasteiger partial charge in [-0.3, -0.25) is 9.36 Å². The molecule has 0 spiro atoms. The molecule has 1 unspecified atom stereocenters. The third kappa shape index (κ3) is 4.82. The second-order valence-corrected chi connectivity index (χ2v) is 7.83. The Bertz CT molecular complexity index is 1180. The molecule has 160 valence electrons. The number of pyridine rings is 1. The van der Waals surface area contributed by atoms with Crippen molar-refractivity contribution in [3.05, 3.63) is 71.4 Å². The van der Waals surface area contributed by atoms with E-state index >= 15 is 0 Å². The van der Waals surface area contributed by atoms with Crippen LogP contribution in [0.1, 0.15) is 52.0 Å². The van der Waals surface area contributed by atoms with Crippen LogP contribution in [0.3, 0.4) is 0 Å². The van der Waals surface area contributed by atoms with Crippen molar-refractivity contribution in [1.82, 2.24) is 24.3 Å². The molecule has 0 saturated heterocycles. The first-order valence-electron chi connectivity index (χ1n) is 10.9. The SMILES string of the molecule is CCCCCCC(C)n1c(=O)ccc2cnc(Nc3ccc(-n4cccn4)cc3)nc21. The summed E-state index contributed by atoms with van der Waals surface area (Å²) in [6.45, 7) is 4.30. The Kier molecular flexibility index (Phi) is 6.40. The van der Waals surface area contributed by atoms with Crippen LogP contribution in [0.15, 0.2) is 65.8 Å². The Morgan fingerprint density at radius 3 is 2.65 bits per heavy atom. The van der Waals surface area contributed by atoms with E-state index < -0.39 is 0 Å². The summed E-state index contributed by atoms with van der Waals surface area (Å²) in [5.41, 5.74) is 2.48. The molecule has 3 aromatic heterocycles. The van der Waals surface area contributed by atoms with Crippen molar-refractivity contribution in [2.24, 2.45) is 0 Å². The fourth-order valence-electron chi connectivity index (χ4n) is 3.77. The van der Waals surface area contributed by atoms with Crippen molar-refractivity contribution in [2.75, 3.05) is 5.32 Å². The first-order valence-corrected chi connectivity index (χ1v) is 10.9. The topological polar surface area (TPSA) is 77.6 Å². The number of fused-ring (bicyclic) bond motifs is 1. The standard InChI is InChI=1S/C24H28N6O/c1-3-4-5-6-8-18(2)30-22(31)14-9-19-17-25-24(28-23(19)30)27-20-10-12-21(13-11-20)29-16-7-15-26-29/h7,9-18H,3-6,8H2,1-2H3,(H,25,27,28). The monoisotopic (exact) mass is 416 g/mol. The van der Waals surface area contributed by atoms with E-state index in [9.17, 15) is 4.79 Å². The van der Waals surface area contributed by atoms with Crippen molar-refractivity contribution in [3.63, 3.8) is 0 Å². The first kappa shape index (κ1) is 20.8. The molecule has 0 bridgehead atoms. The molecule has 0 aliphatic rings. The van der Waals surface area contributed by atoms with Gasteiger partial charge in [0.2, 0.25) is 5.95 Å². The van der Waals surface area contributed by atoms with Crippen molar-refractivity contribution in [2.45, 2.75) is 52.0 Å². The average molecular weight is 417 g/mol. The summed E-state index contributed by atoms with van der Waals surface area (Å²) in [6, 6.07) is 13.2. The second-order valence-electron chi connectivity index (χ2n) is 7.83. The zero-order valence-electron chi connectivity index (χ0n) is 18.0. The number of anilines is 2. The van der Waals surface area contributed by atoms with Crippen LogP contribution >= 0.6 is 0 Å². The molecule has 0 radical (unpaired) electrons. The van der Waals surface area contributed by atoms with E-state index in [1.807, 2.05) is 36.5 Å². The van der Waals surface area contributed by atoms with Crippen molar-refractivity contribution >= 4 is 22.7 Å². The highest BCUT2D eigenvalue weighted by Crippen LogP contribution is 2.21. The lowest BCUT2D eigenvalue weighted by molar-refractivity contribution is 0.471. The van der Waals surface area contributed by atoms with Crippen LogP contribution in [0.25, 0.3) is 16.7 Å². The zero-order chi connectivity index (χ0) is 21.6. The van der Waals surface area contributed by atoms with Gasteiger partial charge in [0.25, 0.3) is 5.56 Å². The summed E-state index contributed by atoms with van der Waals surface area (Å²) < 4.78 is 3.60. The number of unbranched alkanes of at least 4 members (excludes halogenated alkanes) is 3. The van der Waals surface area contributed by atoms with Crippen LogP contribution in [0.2, 0.25) is 0 Å². The van der Waals surface area contributed by atoms with E-state index in [4.69, 9.17) is 4.98 Å². The van der Waals surface area contributed by atoms with Gasteiger partial charge in [0.15, 0.2) is 0 Å². The Labute approximate surface area is 181 Å². The minimum atomic E-state index is -0.0243. The predicted molar refractivity (Wildman–Crippen MR) is 124 cm³/mol. The first-order chi connectivity index (χ1) is 15.2. The Morgan fingerprint density at radius 2 is 1.90 bits per heavy atom. The molecule has 7 heteroatoms. The van der Waals surface area contributed by atoms with Crippen LogP contribution in [-0.2, 0) is 0 Å². The Hall–Kier alpha value is -3.48. The highest BCUT2D eigenvalue weighted by atomic mass is 16.1. The fourth-order valence-corrected chi connectivity index (χ4v) is 3.77. The summed E-state index contributed by atoms with van der Waals surface area (Å²) in [5, 5.41) is 8.35. The van der Waals surface area contributed by atoms with Gasteiger partial charge in [-0.1, -0.05) is 32.6 Å². The summed E-state index contributed by atoms with van der Waals surface area (Å²) in [4.78, 5) is 21.8. The molecule has 3 heterocycles. The van der Waals surface area contributed by atoms with Gasteiger partial charge >= 0.3 is 0 Å². The van der Waals surface area contributed by atoms with Crippen LogP contribution < -0.4 is 10.9 Å². The molecule has 31 heavy (non-hydrogen) atoms. The molecule has 0 fully saturated rings. The van der Waals surface area contributed by atoms with Gasteiger partial charge < -0.3 is 5.32 Å². The predicted octanol–water partition coefficient (Wildman–Crippen LogP) is 5.25. The highest BCUT2D eigenvalue weighted by molar-refractivity contribution is 5.75. The highest BCUT2D eigenvalue weighted by Gasteiger charge is 2.13. The molecule has 1 N–H and O–H groups in total. The minimum Gasteiger partial charge on any atom is -0.324 e. The van der Waals surface area contributed by atoms with E-state index in [0.717, 1.165) is 29.6 Å². The second kappa shape index (κ2) is 9.55. The number of rotatable bonds is 9. The molecule has 0 aliphatic carbocycles. The molecular formula is C24H28N6O. The van der Waals surface area contributed by atoms with Gasteiger partial charge in [-0.05, 0) is 49.7 Å². The lowest BCUT2D eigenvalue weighted by atomic mass is 10.1. The summed E-state index contributed by atoms with van der Waals surface area (Å²) in [7, 11) is 0. The average Bonchev–Trinajstić information content (AvgIpc) is 3.32. The van der Waals surface area contributed by atoms with Gasteiger partial charge in [-0.15, -0.1) is 0 Å². The van der Waals surface area contributed by atoms with Gasteiger partial charge in [-0.2, -0.15) is 10.1 Å². The fraction of sp³-hybridized carbons (Fsp3) is 0.333. The number of nitrogens with one attached hydrogen (secondary N) is 1. The Balaban J connectivity index is 1.57. The number of benzene rings is 1. The van der Waals surface area contributed by atoms with Gasteiger partial charge in [-0.25, -0.2) is 9.67 Å². The smallest absolute Gasteiger partial charge is 0.252 e. The number of nitrogens with zero attached hydrogens (tertiary/aromatic N) is 5. The molecule has 4 rings (SSSR count). The number of hydrogen-bond donors (Lipinski definition) is 1. The molecule has 0 aliphatic heterocycles. The molecule has 1 aromatic carbocycles. The number of aromatic nitrogens is 5. The molecule has 7 nitrogen and oxygen atoms in total. The van der Waals surface area contributed by atoms with Crippen LogP contribution in [0, 0.1) is 0 Å². The lowest BCUT2D eigenvalue weighted by Gasteiger charge is -2.17. The van der Waals surface area contributed by atoms with E-state index in [-0.39, 0.29) is 11.6 Å². The maximum absolute atomic E-state index is 12.7. The van der Waals surface area contributed by atoms with Crippen molar-refractivity contribution < 1.29 is 0 Å². The molecule has 1 atom stereocenters. The third-order valence-electron chi connectivity index (χ3n) is 5.48. The van der Waals surface area contributed by atoms with Crippen molar-refractivity contribution in [3.8, 4) is 5.69 Å². The van der Waals surface area contributed by atoms with Gasteiger partial charge in [0.1, 0.15) is 5.65 Å². The molecule has 4 aromatic rings. The summed E-state index contributed by atoms with van der Waals surface area (Å²) in [6.07, 6.45) is 11.1. The molecular weight excluding hydrogens is 388 g/mol. The van der Waals surface area contributed by atoms with Gasteiger partial charge in [0, 0.05) is 41.8 Å². The maximum atomic E-state index is 12.7. The van der Waals surface area contributed by atoms with Crippen LogP contribution in [-0.4, -0.2) is 24.3 Å². The van der Waals surface area contributed by atoms with Crippen LogP contribution in [0.5, 0.6) is 0 Å². The van der Waals surface area contributed by atoms with Gasteiger partial charge in [0.05, 0.1) is 5.69 Å². The lowest BCUT2D eigenvalue weighted by Crippen LogP contribution is -2.23. The minimum absolute atomic E-state index is 0.0243. The largest absolute Gasteiger partial charge is 0.324 e. The van der Waals surface area contributed by atoms with Crippen molar-refractivity contribution in [1.29, 1.82) is 0 Å². The molecule has 0 saturated carbocycles. The normalized spacial score (nSPS) is 12.2. The zero-order valence-corrected chi connectivity index (χ0v) is 18.0. The maximum Gasteiger partial charge on any atom is 0.252 e. The third-order valence-corrected chi connectivity index (χ3v) is 5.48. The van der Waals surface area contributed by atoms with Crippen LogP contribution in [0.4, 0.5) is 11.6 Å². The summed E-state index contributed by atoms with van der Waals surface area (Å²) in [5.74, 6) is 0.469. The summed E-state index contributed by atoms with van der Waals surface area (Å²) >= 11 is 0. The Morgan fingerprint density at radius 1 is 1.06 bits per heavy atom. The van der Waals surface area contributed by atoms with E-state index in [0.29, 0.717) is 11.6 Å². The van der Waals surface area contributed by atoms with E-state index in [1.165, 1.54) is 19.3 Å². The van der Waals surface area contributed by atoms with E-state index in [2.05, 4.69) is 29.2 Å². The quantitative estimate of drug-likeness (QED) is 0.377.